The molecule has 32 heavy (non-hydrogen) atoms. The van der Waals surface area contributed by atoms with Crippen LogP contribution in [0.5, 0.6) is 0 Å². The number of aryl methyl sites for hydroxylation is 1. The molecule has 4 heteroatoms. The Kier molecular flexibility index (Phi) is 11.6. The van der Waals surface area contributed by atoms with Crippen molar-refractivity contribution in [3.05, 3.63) is 71.3 Å². The lowest BCUT2D eigenvalue weighted by molar-refractivity contribution is 0.143. The summed E-state index contributed by atoms with van der Waals surface area (Å²) >= 11 is 12.5. The summed E-state index contributed by atoms with van der Waals surface area (Å²) in [6.45, 7) is 9.53. The van der Waals surface area contributed by atoms with Crippen LogP contribution in [0.1, 0.15) is 69.6 Å². The second-order valence-electron chi connectivity index (χ2n) is 8.94. The second kappa shape index (κ2) is 13.9. The molecule has 0 heterocycles. The first-order valence-electron chi connectivity index (χ1n) is 11.9. The number of hydrogen-bond acceptors (Lipinski definition) is 2. The minimum atomic E-state index is 0.0798. The van der Waals surface area contributed by atoms with Crippen LogP contribution < -0.4 is 0 Å². The monoisotopic (exact) mass is 472 g/mol. The van der Waals surface area contributed by atoms with E-state index in [0.717, 1.165) is 25.8 Å². The third kappa shape index (κ3) is 7.80. The van der Waals surface area contributed by atoms with Gasteiger partial charge in [0.05, 0.1) is 16.8 Å². The molecule has 0 spiro atoms. The van der Waals surface area contributed by atoms with Gasteiger partial charge in [-0.05, 0) is 62.6 Å². The van der Waals surface area contributed by atoms with Crippen molar-refractivity contribution >= 4 is 23.2 Å². The average molecular weight is 474 g/mol. The Hall–Kier alpha value is -1.53. The van der Waals surface area contributed by atoms with Crippen molar-refractivity contribution in [2.75, 3.05) is 6.54 Å². The molecule has 0 saturated heterocycles. The van der Waals surface area contributed by atoms with Crippen LogP contribution in [0.2, 0.25) is 0 Å². The van der Waals surface area contributed by atoms with Crippen LogP contribution in [0, 0.1) is 11.3 Å². The van der Waals surface area contributed by atoms with E-state index in [1.54, 1.807) is 6.07 Å². The molecule has 1 saturated carbocycles. The maximum Gasteiger partial charge on any atom is 0.0587 e. The van der Waals surface area contributed by atoms with E-state index in [0.29, 0.717) is 18.0 Å². The van der Waals surface area contributed by atoms with Crippen LogP contribution in [-0.2, 0) is 12.8 Å². The summed E-state index contributed by atoms with van der Waals surface area (Å²) in [5, 5.41) is 7.53. The first-order chi connectivity index (χ1) is 15.4. The van der Waals surface area contributed by atoms with Gasteiger partial charge in [0, 0.05) is 31.5 Å². The fraction of sp³-hybridized carbons (Fsp3) is 0.536. The van der Waals surface area contributed by atoms with Gasteiger partial charge in [-0.1, -0.05) is 61.5 Å². The van der Waals surface area contributed by atoms with Gasteiger partial charge in [0.2, 0.25) is 0 Å². The highest BCUT2D eigenvalue weighted by atomic mass is 35.5. The smallest absolute Gasteiger partial charge is 0.0587 e. The number of nitrogens with zero attached hydrogens (tertiary/aromatic N) is 2. The van der Waals surface area contributed by atoms with Crippen LogP contribution in [0.4, 0.5) is 0 Å². The van der Waals surface area contributed by atoms with Gasteiger partial charge < -0.3 is 0 Å². The van der Waals surface area contributed by atoms with E-state index in [-0.39, 0.29) is 10.8 Å². The molecule has 0 radical (unpaired) electrons. The quantitative estimate of drug-likeness (QED) is 0.333. The van der Waals surface area contributed by atoms with Crippen molar-refractivity contribution in [1.82, 2.24) is 4.90 Å². The van der Waals surface area contributed by atoms with Crippen molar-refractivity contribution in [3.8, 4) is 6.07 Å². The maximum atomic E-state index is 7.32. The average Bonchev–Trinajstić information content (AvgIpc) is 2.80. The normalized spacial score (nSPS) is 20.8. The standard InChI is InChI=1S/C26H35Cl2N.C2H3N/c1-4-23(29(19(2)3)17-16-20-8-6-5-7-9-20)15-12-21-10-13-22(14-11-21)24-18-25(27)26(24)28;1-2-3/h5-11,13-14,19,23-26H,4,12,15-18H2,1-3H3;1H3. The molecule has 2 nitrogen and oxygen atoms in total. The van der Waals surface area contributed by atoms with E-state index in [4.69, 9.17) is 28.5 Å². The van der Waals surface area contributed by atoms with E-state index in [2.05, 4.69) is 80.3 Å². The number of hydrogen-bond donors (Lipinski definition) is 0. The molecule has 2 aromatic rings. The third-order valence-corrected chi connectivity index (χ3v) is 7.68. The van der Waals surface area contributed by atoms with Gasteiger partial charge in [-0.2, -0.15) is 5.26 Å². The molecule has 0 N–H and O–H groups in total. The third-order valence-electron chi connectivity index (χ3n) is 6.49. The van der Waals surface area contributed by atoms with Gasteiger partial charge in [-0.3, -0.25) is 4.90 Å². The van der Waals surface area contributed by atoms with Crippen molar-refractivity contribution in [2.45, 2.75) is 88.6 Å². The molecule has 1 aliphatic carbocycles. The molecule has 174 valence electrons. The number of alkyl halides is 2. The molecule has 4 atom stereocenters. The van der Waals surface area contributed by atoms with Crippen molar-refractivity contribution < 1.29 is 0 Å². The summed E-state index contributed by atoms with van der Waals surface area (Å²) in [6, 6.07) is 22.9. The van der Waals surface area contributed by atoms with Crippen LogP contribution in [0.25, 0.3) is 0 Å². The summed E-state index contributed by atoms with van der Waals surface area (Å²) in [5.74, 6) is 0.422. The van der Waals surface area contributed by atoms with Crippen LogP contribution in [-0.4, -0.2) is 34.3 Å². The van der Waals surface area contributed by atoms with Crippen molar-refractivity contribution in [3.63, 3.8) is 0 Å². The summed E-state index contributed by atoms with van der Waals surface area (Å²) in [6.07, 6.45) is 5.64. The van der Waals surface area contributed by atoms with Gasteiger partial charge in [0.25, 0.3) is 0 Å². The Bertz CT molecular complexity index is 814. The molecular formula is C28H38Cl2N2. The van der Waals surface area contributed by atoms with E-state index in [9.17, 15) is 0 Å². The van der Waals surface area contributed by atoms with Crippen molar-refractivity contribution in [2.24, 2.45) is 0 Å². The highest BCUT2D eigenvalue weighted by Crippen LogP contribution is 2.44. The largest absolute Gasteiger partial charge is 0.298 e. The Balaban J connectivity index is 0.00000114. The molecule has 0 amide bonds. The number of nitriles is 1. The van der Waals surface area contributed by atoms with E-state index in [1.165, 1.54) is 36.5 Å². The number of rotatable bonds is 10. The molecule has 0 aromatic heterocycles. The van der Waals surface area contributed by atoms with Gasteiger partial charge in [-0.25, -0.2) is 0 Å². The van der Waals surface area contributed by atoms with Crippen LogP contribution >= 0.6 is 23.2 Å². The highest BCUT2D eigenvalue weighted by molar-refractivity contribution is 6.31. The molecule has 0 bridgehead atoms. The lowest BCUT2D eigenvalue weighted by Crippen LogP contribution is -2.41. The second-order valence-corrected chi connectivity index (χ2v) is 10.0. The predicted molar refractivity (Wildman–Crippen MR) is 139 cm³/mol. The first-order valence-corrected chi connectivity index (χ1v) is 12.8. The van der Waals surface area contributed by atoms with Crippen LogP contribution in [0.15, 0.2) is 54.6 Å². The minimum absolute atomic E-state index is 0.0798. The van der Waals surface area contributed by atoms with Crippen LogP contribution in [0.3, 0.4) is 0 Å². The van der Waals surface area contributed by atoms with Crippen molar-refractivity contribution in [1.29, 1.82) is 5.26 Å². The maximum absolute atomic E-state index is 7.32. The first kappa shape index (κ1) is 26.7. The predicted octanol–water partition coefficient (Wildman–Crippen LogP) is 7.58. The van der Waals surface area contributed by atoms with Gasteiger partial charge in [-0.15, -0.1) is 23.2 Å². The highest BCUT2D eigenvalue weighted by Gasteiger charge is 2.39. The topological polar surface area (TPSA) is 27.0 Å². The van der Waals surface area contributed by atoms with Gasteiger partial charge in [0.1, 0.15) is 0 Å². The van der Waals surface area contributed by atoms with Gasteiger partial charge in [0.15, 0.2) is 0 Å². The zero-order chi connectivity index (χ0) is 23.5. The Morgan fingerprint density at radius 2 is 1.59 bits per heavy atom. The van der Waals surface area contributed by atoms with Gasteiger partial charge >= 0.3 is 0 Å². The van der Waals surface area contributed by atoms with E-state index < -0.39 is 0 Å². The van der Waals surface area contributed by atoms with E-state index in [1.807, 2.05) is 0 Å². The zero-order valence-corrected chi connectivity index (χ0v) is 21.5. The van der Waals surface area contributed by atoms with E-state index >= 15 is 0 Å². The Morgan fingerprint density at radius 1 is 1.00 bits per heavy atom. The molecule has 4 unspecified atom stereocenters. The fourth-order valence-corrected chi connectivity index (χ4v) is 5.23. The molecule has 1 aliphatic rings. The zero-order valence-electron chi connectivity index (χ0n) is 20.0. The minimum Gasteiger partial charge on any atom is -0.298 e. The lowest BCUT2D eigenvalue weighted by atomic mass is 9.78. The lowest BCUT2D eigenvalue weighted by Gasteiger charge is -2.37. The number of halogens is 2. The molecule has 0 aliphatic heterocycles. The molecular weight excluding hydrogens is 435 g/mol. The Labute approximate surface area is 205 Å². The summed E-state index contributed by atoms with van der Waals surface area (Å²) < 4.78 is 0. The summed E-state index contributed by atoms with van der Waals surface area (Å²) in [4.78, 5) is 2.69. The SMILES string of the molecule is CC#N.CCC(CCc1ccc(C2CC(Cl)C2Cl)cc1)N(CCc1ccccc1)C(C)C. The summed E-state index contributed by atoms with van der Waals surface area (Å²) in [7, 11) is 0. The molecule has 2 aromatic carbocycles. The Morgan fingerprint density at radius 3 is 2.09 bits per heavy atom. The summed E-state index contributed by atoms with van der Waals surface area (Å²) in [5.41, 5.74) is 4.19. The molecule has 1 fully saturated rings. The number of benzene rings is 2. The molecule has 3 rings (SSSR count). The fourth-order valence-electron chi connectivity index (χ4n) is 4.51.